The zero-order valence-corrected chi connectivity index (χ0v) is 13.6. The molecule has 0 radical (unpaired) electrons. The van der Waals surface area contributed by atoms with E-state index in [0.29, 0.717) is 12.2 Å². The SMILES string of the molecule is O=S(=O)(c1ccc(Br)s1)N1CCCc2cccc(O)c21. The maximum Gasteiger partial charge on any atom is 0.273 e. The monoisotopic (exact) mass is 373 g/mol. The first kappa shape index (κ1) is 13.9. The maximum absolute atomic E-state index is 12.7. The van der Waals surface area contributed by atoms with Gasteiger partial charge in [-0.1, -0.05) is 12.1 Å². The van der Waals surface area contributed by atoms with Crippen LogP contribution in [-0.4, -0.2) is 20.1 Å². The molecule has 2 heterocycles. The van der Waals surface area contributed by atoms with Crippen LogP contribution in [0, 0.1) is 0 Å². The number of halogens is 1. The van der Waals surface area contributed by atoms with E-state index in [4.69, 9.17) is 0 Å². The lowest BCUT2D eigenvalue weighted by Crippen LogP contribution is -2.35. The Labute approximate surface area is 129 Å². The Morgan fingerprint density at radius 2 is 2.05 bits per heavy atom. The molecule has 1 N–H and O–H groups in total. The van der Waals surface area contributed by atoms with Gasteiger partial charge in [-0.2, -0.15) is 0 Å². The second-order valence-electron chi connectivity index (χ2n) is 4.52. The number of fused-ring (bicyclic) bond motifs is 1. The van der Waals surface area contributed by atoms with Gasteiger partial charge in [-0.15, -0.1) is 11.3 Å². The summed E-state index contributed by atoms with van der Waals surface area (Å²) >= 11 is 4.46. The minimum Gasteiger partial charge on any atom is -0.506 e. The van der Waals surface area contributed by atoms with Gasteiger partial charge < -0.3 is 5.11 Å². The summed E-state index contributed by atoms with van der Waals surface area (Å²) in [6.07, 6.45) is 1.53. The van der Waals surface area contributed by atoms with Gasteiger partial charge >= 0.3 is 0 Å². The van der Waals surface area contributed by atoms with Crippen LogP contribution >= 0.6 is 27.3 Å². The highest BCUT2D eigenvalue weighted by Gasteiger charge is 2.32. The standard InChI is InChI=1S/C13H12BrNO3S2/c14-11-6-7-12(19-11)20(17,18)15-8-2-4-9-3-1-5-10(16)13(9)15/h1,3,5-7,16H,2,4,8H2. The van der Waals surface area contributed by atoms with Crippen molar-refractivity contribution in [2.45, 2.75) is 17.1 Å². The Bertz CT molecular complexity index is 755. The lowest BCUT2D eigenvalue weighted by atomic mass is 10.0. The number of para-hydroxylation sites is 1. The minimum atomic E-state index is -3.62. The van der Waals surface area contributed by atoms with Gasteiger partial charge in [0.2, 0.25) is 0 Å². The number of sulfonamides is 1. The first-order chi connectivity index (χ1) is 9.50. The third-order valence-electron chi connectivity index (χ3n) is 3.25. The maximum atomic E-state index is 12.7. The zero-order chi connectivity index (χ0) is 14.3. The fourth-order valence-corrected chi connectivity index (χ4v) is 6.06. The summed E-state index contributed by atoms with van der Waals surface area (Å²) in [7, 11) is -3.62. The van der Waals surface area contributed by atoms with E-state index < -0.39 is 10.0 Å². The Morgan fingerprint density at radius 1 is 1.25 bits per heavy atom. The van der Waals surface area contributed by atoms with Crippen LogP contribution in [0.4, 0.5) is 5.69 Å². The highest BCUT2D eigenvalue weighted by Crippen LogP contribution is 2.40. The van der Waals surface area contributed by atoms with Gasteiger partial charge in [0.25, 0.3) is 10.0 Å². The third-order valence-corrected chi connectivity index (χ3v) is 7.14. The van der Waals surface area contributed by atoms with Crippen LogP contribution in [0.3, 0.4) is 0 Å². The lowest BCUT2D eigenvalue weighted by molar-refractivity contribution is 0.473. The predicted molar refractivity (Wildman–Crippen MR) is 83.0 cm³/mol. The van der Waals surface area contributed by atoms with Crippen molar-refractivity contribution in [3.63, 3.8) is 0 Å². The molecule has 0 bridgehead atoms. The van der Waals surface area contributed by atoms with Crippen molar-refractivity contribution in [3.8, 4) is 5.75 Å². The molecule has 1 aliphatic heterocycles. The molecule has 106 valence electrons. The lowest BCUT2D eigenvalue weighted by Gasteiger charge is -2.30. The molecular weight excluding hydrogens is 362 g/mol. The molecule has 0 amide bonds. The molecule has 7 heteroatoms. The number of nitrogens with zero attached hydrogens (tertiary/aromatic N) is 1. The topological polar surface area (TPSA) is 57.6 Å². The number of phenolic OH excluding ortho intramolecular Hbond substituents is 1. The Balaban J connectivity index is 2.13. The van der Waals surface area contributed by atoms with Crippen molar-refractivity contribution in [2.75, 3.05) is 10.8 Å². The molecular formula is C13H12BrNO3S2. The third kappa shape index (κ3) is 2.23. The fourth-order valence-electron chi connectivity index (χ4n) is 2.38. The molecule has 1 aromatic heterocycles. The molecule has 0 spiro atoms. The second-order valence-corrected chi connectivity index (χ2v) is 9.08. The molecule has 1 aromatic carbocycles. The normalized spacial score (nSPS) is 15.2. The van der Waals surface area contributed by atoms with Gasteiger partial charge in [0.15, 0.2) is 0 Å². The number of rotatable bonds is 2. The number of thiophene rings is 1. The van der Waals surface area contributed by atoms with Crippen molar-refractivity contribution in [1.29, 1.82) is 0 Å². The van der Waals surface area contributed by atoms with E-state index in [1.807, 2.05) is 6.07 Å². The van der Waals surface area contributed by atoms with Crippen LogP contribution in [0.25, 0.3) is 0 Å². The largest absolute Gasteiger partial charge is 0.506 e. The quantitative estimate of drug-likeness (QED) is 0.877. The highest BCUT2D eigenvalue weighted by molar-refractivity contribution is 9.11. The van der Waals surface area contributed by atoms with Gasteiger partial charge in [0.1, 0.15) is 9.96 Å². The van der Waals surface area contributed by atoms with Gasteiger partial charge in [0.05, 0.1) is 9.47 Å². The zero-order valence-electron chi connectivity index (χ0n) is 10.4. The molecule has 1 aliphatic rings. The highest BCUT2D eigenvalue weighted by atomic mass is 79.9. The molecule has 20 heavy (non-hydrogen) atoms. The van der Waals surface area contributed by atoms with E-state index in [9.17, 15) is 13.5 Å². The number of benzene rings is 1. The molecule has 0 aliphatic carbocycles. The Morgan fingerprint density at radius 3 is 2.75 bits per heavy atom. The van der Waals surface area contributed by atoms with E-state index in [0.717, 1.165) is 22.2 Å². The molecule has 2 aromatic rings. The summed E-state index contributed by atoms with van der Waals surface area (Å²) in [5, 5.41) is 10.0. The van der Waals surface area contributed by atoms with Crippen molar-refractivity contribution in [3.05, 3.63) is 39.7 Å². The summed E-state index contributed by atoms with van der Waals surface area (Å²) in [4.78, 5) is 0. The smallest absolute Gasteiger partial charge is 0.273 e. The Kier molecular flexibility index (Phi) is 3.51. The number of anilines is 1. The number of phenols is 1. The van der Waals surface area contributed by atoms with Crippen LogP contribution in [0.15, 0.2) is 38.3 Å². The van der Waals surface area contributed by atoms with Crippen LogP contribution in [0.2, 0.25) is 0 Å². The molecule has 0 atom stereocenters. The van der Waals surface area contributed by atoms with E-state index >= 15 is 0 Å². The average Bonchev–Trinajstić information content (AvgIpc) is 2.86. The van der Waals surface area contributed by atoms with Crippen molar-refractivity contribution in [2.24, 2.45) is 0 Å². The summed E-state index contributed by atoms with van der Waals surface area (Å²) in [6, 6.07) is 8.43. The van der Waals surface area contributed by atoms with Gasteiger partial charge in [-0.05, 0) is 52.5 Å². The van der Waals surface area contributed by atoms with Crippen LogP contribution in [0.5, 0.6) is 5.75 Å². The van der Waals surface area contributed by atoms with Gasteiger partial charge in [-0.25, -0.2) is 8.42 Å². The minimum absolute atomic E-state index is 0.0152. The summed E-state index contributed by atoms with van der Waals surface area (Å²) in [6.45, 7) is 0.391. The number of aromatic hydroxyl groups is 1. The Hall–Kier alpha value is -1.05. The predicted octanol–water partition coefficient (Wildman–Crippen LogP) is 3.36. The van der Waals surface area contributed by atoms with E-state index in [2.05, 4.69) is 15.9 Å². The molecule has 0 saturated carbocycles. The average molecular weight is 374 g/mol. The van der Waals surface area contributed by atoms with Gasteiger partial charge in [0, 0.05) is 6.54 Å². The van der Waals surface area contributed by atoms with Crippen molar-refractivity contribution in [1.82, 2.24) is 0 Å². The molecule has 4 nitrogen and oxygen atoms in total. The first-order valence-corrected chi connectivity index (χ1v) is 9.14. The second kappa shape index (κ2) is 5.05. The molecule has 0 fully saturated rings. The van der Waals surface area contributed by atoms with Crippen LogP contribution in [-0.2, 0) is 16.4 Å². The first-order valence-electron chi connectivity index (χ1n) is 6.09. The van der Waals surface area contributed by atoms with Crippen molar-refractivity contribution >= 4 is 43.0 Å². The number of aryl methyl sites for hydroxylation is 1. The fraction of sp³-hybridized carbons (Fsp3) is 0.231. The molecule has 0 saturated heterocycles. The van der Waals surface area contributed by atoms with E-state index in [1.165, 1.54) is 21.7 Å². The van der Waals surface area contributed by atoms with Crippen molar-refractivity contribution < 1.29 is 13.5 Å². The molecule has 3 rings (SSSR count). The van der Waals surface area contributed by atoms with Crippen LogP contribution in [0.1, 0.15) is 12.0 Å². The summed E-state index contributed by atoms with van der Waals surface area (Å²) in [5.41, 5.74) is 1.29. The summed E-state index contributed by atoms with van der Waals surface area (Å²) < 4.78 is 27.8. The van der Waals surface area contributed by atoms with E-state index in [-0.39, 0.29) is 9.96 Å². The number of hydrogen-bond donors (Lipinski definition) is 1. The molecule has 0 unspecified atom stereocenters. The number of hydrogen-bond acceptors (Lipinski definition) is 4. The summed E-state index contributed by atoms with van der Waals surface area (Å²) in [5.74, 6) is 0.0152. The van der Waals surface area contributed by atoms with Crippen LogP contribution < -0.4 is 4.31 Å². The van der Waals surface area contributed by atoms with Gasteiger partial charge in [-0.3, -0.25) is 4.31 Å². The van der Waals surface area contributed by atoms with E-state index in [1.54, 1.807) is 18.2 Å².